The maximum Gasteiger partial charge on any atom is 0.243 e. The molecule has 3 rings (SSSR count). The second-order valence-electron chi connectivity index (χ2n) is 5.45. The molecule has 0 aromatic heterocycles. The van der Waals surface area contributed by atoms with Gasteiger partial charge in [-0.1, -0.05) is 18.2 Å². The van der Waals surface area contributed by atoms with Gasteiger partial charge in [-0.05, 0) is 52.7 Å². The number of rotatable bonds is 5. The molecule has 0 saturated carbocycles. The Morgan fingerprint density at radius 3 is 2.44 bits per heavy atom. The highest BCUT2D eigenvalue weighted by atomic mass is 32.2. The summed E-state index contributed by atoms with van der Waals surface area (Å²) >= 11 is 0. The largest absolute Gasteiger partial charge is 0.497 e. The van der Waals surface area contributed by atoms with Crippen molar-refractivity contribution in [3.63, 3.8) is 0 Å². The Labute approximate surface area is 144 Å². The van der Waals surface area contributed by atoms with Gasteiger partial charge in [-0.3, -0.25) is 0 Å². The van der Waals surface area contributed by atoms with Crippen LogP contribution in [0.5, 0.6) is 5.75 Å². The average Bonchev–Trinajstić information content (AvgIpc) is 2.61. The summed E-state index contributed by atoms with van der Waals surface area (Å²) in [4.78, 5) is -0.710. The SMILES string of the molecule is COc1ccc2cc(CNS(=O)(=O)c3cc(F)ccc3F)ccc2c1. The van der Waals surface area contributed by atoms with E-state index in [2.05, 4.69) is 4.72 Å². The van der Waals surface area contributed by atoms with Crippen molar-refractivity contribution in [1.29, 1.82) is 0 Å². The molecule has 0 unspecified atom stereocenters. The fourth-order valence-corrected chi connectivity index (χ4v) is 3.55. The van der Waals surface area contributed by atoms with Gasteiger partial charge >= 0.3 is 0 Å². The quantitative estimate of drug-likeness (QED) is 0.753. The van der Waals surface area contributed by atoms with Crippen LogP contribution in [0.15, 0.2) is 59.5 Å². The van der Waals surface area contributed by atoms with Crippen LogP contribution in [0.4, 0.5) is 8.78 Å². The molecule has 130 valence electrons. The summed E-state index contributed by atoms with van der Waals surface area (Å²) in [5.74, 6) is -1.09. The predicted molar refractivity (Wildman–Crippen MR) is 90.9 cm³/mol. The first-order valence-corrected chi connectivity index (χ1v) is 8.89. The van der Waals surface area contributed by atoms with Gasteiger partial charge in [0.1, 0.15) is 22.3 Å². The molecule has 0 bridgehead atoms. The Morgan fingerprint density at radius 1 is 0.960 bits per heavy atom. The lowest BCUT2D eigenvalue weighted by Gasteiger charge is -2.09. The lowest BCUT2D eigenvalue weighted by Crippen LogP contribution is -2.24. The summed E-state index contributed by atoms with van der Waals surface area (Å²) < 4.78 is 58.7. The number of nitrogens with one attached hydrogen (secondary N) is 1. The highest BCUT2D eigenvalue weighted by Gasteiger charge is 2.19. The highest BCUT2D eigenvalue weighted by Crippen LogP contribution is 2.22. The van der Waals surface area contributed by atoms with E-state index in [0.717, 1.165) is 28.7 Å². The zero-order valence-corrected chi connectivity index (χ0v) is 14.1. The third kappa shape index (κ3) is 3.78. The van der Waals surface area contributed by atoms with Crippen LogP contribution < -0.4 is 9.46 Å². The van der Waals surface area contributed by atoms with E-state index in [1.807, 2.05) is 24.3 Å². The van der Waals surface area contributed by atoms with Crippen molar-refractivity contribution < 1.29 is 21.9 Å². The second-order valence-corrected chi connectivity index (χ2v) is 7.18. The van der Waals surface area contributed by atoms with Crippen molar-refractivity contribution in [1.82, 2.24) is 4.72 Å². The van der Waals surface area contributed by atoms with Gasteiger partial charge in [-0.2, -0.15) is 0 Å². The molecule has 0 aliphatic heterocycles. The lowest BCUT2D eigenvalue weighted by atomic mass is 10.1. The van der Waals surface area contributed by atoms with E-state index in [1.165, 1.54) is 0 Å². The van der Waals surface area contributed by atoms with Crippen LogP contribution in [-0.4, -0.2) is 15.5 Å². The summed E-state index contributed by atoms with van der Waals surface area (Å²) in [6.45, 7) is -0.0414. The average molecular weight is 363 g/mol. The number of halogens is 2. The number of hydrogen-bond donors (Lipinski definition) is 1. The van der Waals surface area contributed by atoms with E-state index in [-0.39, 0.29) is 6.54 Å². The number of benzene rings is 3. The molecule has 0 aliphatic carbocycles. The van der Waals surface area contributed by atoms with E-state index in [0.29, 0.717) is 11.6 Å². The molecule has 0 aliphatic rings. The molecule has 0 heterocycles. The molecule has 4 nitrogen and oxygen atoms in total. The van der Waals surface area contributed by atoms with Crippen LogP contribution in [0, 0.1) is 11.6 Å². The normalized spacial score (nSPS) is 11.6. The summed E-state index contributed by atoms with van der Waals surface area (Å²) in [7, 11) is -2.58. The van der Waals surface area contributed by atoms with Crippen LogP contribution in [0.2, 0.25) is 0 Å². The smallest absolute Gasteiger partial charge is 0.243 e. The van der Waals surface area contributed by atoms with E-state index >= 15 is 0 Å². The topological polar surface area (TPSA) is 55.4 Å². The molecule has 25 heavy (non-hydrogen) atoms. The Balaban J connectivity index is 1.83. The third-order valence-electron chi connectivity index (χ3n) is 3.76. The number of fused-ring (bicyclic) bond motifs is 1. The van der Waals surface area contributed by atoms with Crippen LogP contribution in [0.25, 0.3) is 10.8 Å². The number of ether oxygens (including phenoxy) is 1. The van der Waals surface area contributed by atoms with Crippen LogP contribution in [0.1, 0.15) is 5.56 Å². The minimum Gasteiger partial charge on any atom is -0.497 e. The predicted octanol–water partition coefficient (Wildman–Crippen LogP) is 3.61. The van der Waals surface area contributed by atoms with Crippen molar-refractivity contribution in [3.05, 3.63) is 71.8 Å². The van der Waals surface area contributed by atoms with Gasteiger partial charge in [0.15, 0.2) is 0 Å². The fraction of sp³-hybridized carbons (Fsp3) is 0.111. The van der Waals surface area contributed by atoms with Gasteiger partial charge in [0, 0.05) is 6.54 Å². The minimum atomic E-state index is -4.16. The van der Waals surface area contributed by atoms with Gasteiger partial charge in [0.05, 0.1) is 7.11 Å². The van der Waals surface area contributed by atoms with Crippen molar-refractivity contribution in [2.75, 3.05) is 7.11 Å². The first kappa shape index (κ1) is 17.3. The molecule has 0 spiro atoms. The first-order chi connectivity index (χ1) is 11.9. The summed E-state index contributed by atoms with van der Waals surface area (Å²) in [5, 5.41) is 1.86. The highest BCUT2D eigenvalue weighted by molar-refractivity contribution is 7.89. The number of methoxy groups -OCH3 is 1. The van der Waals surface area contributed by atoms with Crippen molar-refractivity contribution in [2.24, 2.45) is 0 Å². The molecule has 0 radical (unpaired) electrons. The monoisotopic (exact) mass is 363 g/mol. The lowest BCUT2D eigenvalue weighted by molar-refractivity contribution is 0.415. The number of hydrogen-bond acceptors (Lipinski definition) is 3. The molecule has 3 aromatic rings. The Morgan fingerprint density at radius 2 is 1.68 bits per heavy atom. The van der Waals surface area contributed by atoms with E-state index in [9.17, 15) is 17.2 Å². The summed E-state index contributed by atoms with van der Waals surface area (Å²) in [6.07, 6.45) is 0. The molecule has 0 amide bonds. The molecule has 1 N–H and O–H groups in total. The van der Waals surface area contributed by atoms with Gasteiger partial charge in [0.2, 0.25) is 10.0 Å². The van der Waals surface area contributed by atoms with Gasteiger partial charge in [-0.25, -0.2) is 21.9 Å². The van der Waals surface area contributed by atoms with Gasteiger partial charge in [-0.15, -0.1) is 0 Å². The zero-order valence-electron chi connectivity index (χ0n) is 13.3. The maximum absolute atomic E-state index is 13.7. The van der Waals surface area contributed by atoms with Crippen LogP contribution in [0.3, 0.4) is 0 Å². The molecule has 7 heteroatoms. The van der Waals surface area contributed by atoms with E-state index < -0.39 is 26.6 Å². The van der Waals surface area contributed by atoms with Crippen molar-refractivity contribution in [2.45, 2.75) is 11.4 Å². The minimum absolute atomic E-state index is 0.0414. The third-order valence-corrected chi connectivity index (χ3v) is 5.18. The molecule has 0 fully saturated rings. The standard InChI is InChI=1S/C18H15F2NO3S/c1-24-16-6-4-13-8-12(2-3-14(13)9-16)11-21-25(22,23)18-10-15(19)5-7-17(18)20/h2-10,21H,11H2,1H3. The van der Waals surface area contributed by atoms with E-state index in [1.54, 1.807) is 19.2 Å². The molecular weight excluding hydrogens is 348 g/mol. The Bertz CT molecular complexity index is 1040. The first-order valence-electron chi connectivity index (χ1n) is 7.40. The molecule has 3 aromatic carbocycles. The van der Waals surface area contributed by atoms with Crippen molar-refractivity contribution >= 4 is 20.8 Å². The van der Waals surface area contributed by atoms with Gasteiger partial charge < -0.3 is 4.74 Å². The van der Waals surface area contributed by atoms with Crippen LogP contribution in [-0.2, 0) is 16.6 Å². The summed E-state index contributed by atoms with van der Waals surface area (Å²) in [5.41, 5.74) is 0.693. The molecule has 0 saturated heterocycles. The molecular formula is C18H15F2NO3S. The number of sulfonamides is 1. The summed E-state index contributed by atoms with van der Waals surface area (Å²) in [6, 6.07) is 13.3. The van der Waals surface area contributed by atoms with Crippen molar-refractivity contribution in [3.8, 4) is 5.75 Å². The second kappa shape index (κ2) is 6.78. The van der Waals surface area contributed by atoms with E-state index in [4.69, 9.17) is 4.74 Å². The zero-order chi connectivity index (χ0) is 18.0. The fourth-order valence-electron chi connectivity index (χ4n) is 2.45. The maximum atomic E-state index is 13.7. The Kier molecular flexibility index (Phi) is 4.69. The van der Waals surface area contributed by atoms with Gasteiger partial charge in [0.25, 0.3) is 0 Å². The molecule has 0 atom stereocenters. The van der Waals surface area contributed by atoms with Crippen LogP contribution >= 0.6 is 0 Å². The Hall–Kier alpha value is -2.51.